The lowest BCUT2D eigenvalue weighted by molar-refractivity contribution is -0.137. The van der Waals surface area contributed by atoms with Crippen molar-refractivity contribution in [1.29, 1.82) is 0 Å². The molecule has 7 heteroatoms. The molecule has 0 fully saturated rings. The number of aryl methyl sites for hydroxylation is 1. The van der Waals surface area contributed by atoms with E-state index in [1.54, 1.807) is 37.3 Å². The number of aliphatic hydroxyl groups is 1. The number of carbonyl (C=O) groups excluding carboxylic acids is 1. The number of carbonyl (C=O) groups is 1. The highest BCUT2D eigenvalue weighted by molar-refractivity contribution is 5.90. The van der Waals surface area contributed by atoms with Gasteiger partial charge < -0.3 is 15.7 Å². The van der Waals surface area contributed by atoms with Crippen LogP contribution in [0.25, 0.3) is 0 Å². The molecule has 0 bridgehead atoms. The van der Waals surface area contributed by atoms with Gasteiger partial charge in [0.05, 0.1) is 18.2 Å². The second-order valence-corrected chi connectivity index (χ2v) is 5.27. The third kappa shape index (κ3) is 4.48. The summed E-state index contributed by atoms with van der Waals surface area (Å²) in [7, 11) is 0. The first kappa shape index (κ1) is 17.8. The molecular weight excluding hydrogens is 321 g/mol. The van der Waals surface area contributed by atoms with Gasteiger partial charge >= 0.3 is 12.2 Å². The smallest absolute Gasteiger partial charge is 0.394 e. The van der Waals surface area contributed by atoms with Gasteiger partial charge in [0, 0.05) is 5.69 Å². The van der Waals surface area contributed by atoms with E-state index in [2.05, 4.69) is 10.6 Å². The van der Waals surface area contributed by atoms with E-state index < -0.39 is 23.8 Å². The third-order valence-corrected chi connectivity index (χ3v) is 3.50. The zero-order valence-electron chi connectivity index (χ0n) is 12.9. The molecule has 0 saturated heterocycles. The van der Waals surface area contributed by atoms with Crippen molar-refractivity contribution >= 4 is 11.7 Å². The van der Waals surface area contributed by atoms with Crippen molar-refractivity contribution in [2.75, 3.05) is 11.9 Å². The lowest BCUT2D eigenvalue weighted by Crippen LogP contribution is -2.34. The van der Waals surface area contributed by atoms with Crippen LogP contribution >= 0.6 is 0 Å². The highest BCUT2D eigenvalue weighted by Gasteiger charge is 2.31. The lowest BCUT2D eigenvalue weighted by atomic mass is 10.1. The van der Waals surface area contributed by atoms with E-state index in [0.717, 1.165) is 12.1 Å². The van der Waals surface area contributed by atoms with E-state index in [0.29, 0.717) is 11.1 Å². The average molecular weight is 338 g/mol. The first-order chi connectivity index (χ1) is 11.3. The summed E-state index contributed by atoms with van der Waals surface area (Å²) < 4.78 is 38.3. The molecule has 2 aromatic carbocycles. The highest BCUT2D eigenvalue weighted by Crippen LogP contribution is 2.32. The van der Waals surface area contributed by atoms with Gasteiger partial charge in [0.25, 0.3) is 0 Å². The molecule has 2 aromatic rings. The summed E-state index contributed by atoms with van der Waals surface area (Å²) in [6.45, 7) is 1.26. The maximum absolute atomic E-state index is 12.8. The van der Waals surface area contributed by atoms with Crippen molar-refractivity contribution in [3.8, 4) is 0 Å². The van der Waals surface area contributed by atoms with Crippen LogP contribution in [0.3, 0.4) is 0 Å². The van der Waals surface area contributed by atoms with Gasteiger partial charge in [-0.15, -0.1) is 0 Å². The molecule has 0 aliphatic rings. The van der Waals surface area contributed by atoms with Crippen LogP contribution in [0.15, 0.2) is 48.5 Å². The van der Waals surface area contributed by atoms with Crippen LogP contribution in [-0.2, 0) is 6.18 Å². The summed E-state index contributed by atoms with van der Waals surface area (Å²) in [6, 6.07) is 10.6. The van der Waals surface area contributed by atoms with Gasteiger partial charge in [0.1, 0.15) is 0 Å². The maximum Gasteiger partial charge on any atom is 0.416 e. The zero-order chi connectivity index (χ0) is 17.7. The molecule has 1 unspecified atom stereocenters. The Balaban J connectivity index is 2.12. The van der Waals surface area contributed by atoms with E-state index in [1.165, 1.54) is 6.07 Å². The van der Waals surface area contributed by atoms with Gasteiger partial charge in [-0.1, -0.05) is 36.4 Å². The summed E-state index contributed by atoms with van der Waals surface area (Å²) >= 11 is 0. The number of benzene rings is 2. The number of nitrogens with one attached hydrogen (secondary N) is 2. The van der Waals surface area contributed by atoms with Crippen LogP contribution in [0.4, 0.5) is 23.7 Å². The van der Waals surface area contributed by atoms with Gasteiger partial charge in [-0.05, 0) is 30.2 Å². The summed E-state index contributed by atoms with van der Waals surface area (Å²) in [4.78, 5) is 12.1. The van der Waals surface area contributed by atoms with Crippen LogP contribution in [0.5, 0.6) is 0 Å². The second kappa shape index (κ2) is 7.35. The molecule has 0 aliphatic carbocycles. The van der Waals surface area contributed by atoms with Gasteiger partial charge in [-0.2, -0.15) is 13.2 Å². The Morgan fingerprint density at radius 1 is 1.17 bits per heavy atom. The van der Waals surface area contributed by atoms with E-state index in [-0.39, 0.29) is 12.3 Å². The van der Waals surface area contributed by atoms with Crippen molar-refractivity contribution < 1.29 is 23.1 Å². The molecule has 0 radical (unpaired) electrons. The number of anilines is 1. The fourth-order valence-electron chi connectivity index (χ4n) is 2.17. The number of hydrogen-bond donors (Lipinski definition) is 3. The summed E-state index contributed by atoms with van der Waals surface area (Å²) in [5.41, 5.74) is 0.409. The van der Waals surface area contributed by atoms with E-state index >= 15 is 0 Å². The second-order valence-electron chi connectivity index (χ2n) is 5.27. The molecular formula is C17H17F3N2O2. The predicted octanol–water partition coefficient (Wildman–Crippen LogP) is 3.87. The van der Waals surface area contributed by atoms with Crippen LogP contribution < -0.4 is 10.6 Å². The van der Waals surface area contributed by atoms with E-state index in [9.17, 15) is 23.1 Å². The molecule has 0 aromatic heterocycles. The minimum atomic E-state index is -4.49. The summed E-state index contributed by atoms with van der Waals surface area (Å²) in [5.74, 6) is 0. The Labute approximate surface area is 137 Å². The molecule has 0 heterocycles. The zero-order valence-corrected chi connectivity index (χ0v) is 12.9. The molecule has 0 saturated carbocycles. The molecule has 2 rings (SSSR count). The topological polar surface area (TPSA) is 61.4 Å². The lowest BCUT2D eigenvalue weighted by Gasteiger charge is -2.18. The van der Waals surface area contributed by atoms with Gasteiger partial charge in [-0.3, -0.25) is 0 Å². The molecule has 128 valence electrons. The first-order valence-electron chi connectivity index (χ1n) is 7.22. The quantitative estimate of drug-likeness (QED) is 0.792. The number of urea groups is 1. The fourth-order valence-corrected chi connectivity index (χ4v) is 2.17. The number of alkyl halides is 3. The molecule has 0 aliphatic heterocycles. The van der Waals surface area contributed by atoms with Crippen molar-refractivity contribution in [1.82, 2.24) is 5.32 Å². The van der Waals surface area contributed by atoms with Crippen molar-refractivity contribution in [3.05, 3.63) is 65.2 Å². The van der Waals surface area contributed by atoms with Gasteiger partial charge in [0.15, 0.2) is 0 Å². The molecule has 4 nitrogen and oxygen atoms in total. The molecule has 2 amide bonds. The molecule has 24 heavy (non-hydrogen) atoms. The Bertz CT molecular complexity index is 703. The molecule has 0 spiro atoms. The third-order valence-electron chi connectivity index (χ3n) is 3.50. The normalized spacial score (nSPS) is 12.5. The maximum atomic E-state index is 12.8. The van der Waals surface area contributed by atoms with Crippen molar-refractivity contribution in [2.45, 2.75) is 19.1 Å². The number of hydrogen-bond acceptors (Lipinski definition) is 2. The Hall–Kier alpha value is -2.54. The van der Waals surface area contributed by atoms with Crippen molar-refractivity contribution in [2.24, 2.45) is 0 Å². The van der Waals surface area contributed by atoms with Crippen LogP contribution in [0.1, 0.15) is 22.7 Å². The number of rotatable bonds is 4. The predicted molar refractivity (Wildman–Crippen MR) is 84.6 cm³/mol. The molecule has 1 atom stereocenters. The Morgan fingerprint density at radius 3 is 2.42 bits per heavy atom. The van der Waals surface area contributed by atoms with Gasteiger partial charge in [-0.25, -0.2) is 4.79 Å². The standard InChI is InChI=1S/C17H17F3N2O2/c1-11-7-8-13(17(18,19)20)9-14(11)21-16(24)22-15(10-23)12-5-3-2-4-6-12/h2-9,15,23H,10H2,1H3,(H2,21,22,24). The monoisotopic (exact) mass is 338 g/mol. The van der Waals surface area contributed by atoms with Crippen LogP contribution in [-0.4, -0.2) is 17.7 Å². The van der Waals surface area contributed by atoms with Gasteiger partial charge in [0.2, 0.25) is 0 Å². The summed E-state index contributed by atoms with van der Waals surface area (Å²) in [6.07, 6.45) is -4.49. The average Bonchev–Trinajstić information content (AvgIpc) is 2.54. The number of aliphatic hydroxyl groups excluding tert-OH is 1. The van der Waals surface area contributed by atoms with Crippen LogP contribution in [0, 0.1) is 6.92 Å². The SMILES string of the molecule is Cc1ccc(C(F)(F)F)cc1NC(=O)NC(CO)c1ccccc1. The number of halogens is 3. The van der Waals surface area contributed by atoms with E-state index in [1.807, 2.05) is 0 Å². The number of amides is 2. The first-order valence-corrected chi connectivity index (χ1v) is 7.22. The Kier molecular flexibility index (Phi) is 5.46. The minimum Gasteiger partial charge on any atom is -0.394 e. The van der Waals surface area contributed by atoms with E-state index in [4.69, 9.17) is 0 Å². The summed E-state index contributed by atoms with van der Waals surface area (Å²) in [5, 5.41) is 14.3. The van der Waals surface area contributed by atoms with Crippen molar-refractivity contribution in [3.63, 3.8) is 0 Å². The largest absolute Gasteiger partial charge is 0.416 e. The minimum absolute atomic E-state index is 0.0621. The Morgan fingerprint density at radius 2 is 1.83 bits per heavy atom. The highest BCUT2D eigenvalue weighted by atomic mass is 19.4. The fraction of sp³-hybridized carbons (Fsp3) is 0.235. The van der Waals surface area contributed by atoms with Crippen LogP contribution in [0.2, 0.25) is 0 Å². The molecule has 3 N–H and O–H groups in total.